The number of aliphatic hydroxyl groups is 1. The van der Waals surface area contributed by atoms with Gasteiger partial charge in [0.15, 0.2) is 0 Å². The largest absolute Gasteiger partial charge is 0.392 e. The van der Waals surface area contributed by atoms with Crippen LogP contribution in [0.1, 0.15) is 18.4 Å². The predicted molar refractivity (Wildman–Crippen MR) is 66.6 cm³/mol. The lowest BCUT2D eigenvalue weighted by Crippen LogP contribution is -2.34. The summed E-state index contributed by atoms with van der Waals surface area (Å²) in [5.74, 6) is 0.149. The minimum atomic E-state index is -0.0529. The van der Waals surface area contributed by atoms with Crippen LogP contribution < -0.4 is 10.6 Å². The molecule has 3 N–H and O–H groups in total. The van der Waals surface area contributed by atoms with Crippen molar-refractivity contribution < 1.29 is 9.90 Å². The Morgan fingerprint density at radius 1 is 1.35 bits per heavy atom. The maximum atomic E-state index is 12.0. The van der Waals surface area contributed by atoms with Gasteiger partial charge >= 0.3 is 0 Å². The smallest absolute Gasteiger partial charge is 0.227 e. The zero-order valence-corrected chi connectivity index (χ0v) is 9.78. The summed E-state index contributed by atoms with van der Waals surface area (Å²) in [5, 5.41) is 15.3. The van der Waals surface area contributed by atoms with E-state index in [9.17, 15) is 9.90 Å². The number of rotatable bonds is 3. The van der Waals surface area contributed by atoms with Crippen molar-refractivity contribution >= 4 is 11.6 Å². The maximum absolute atomic E-state index is 12.0. The van der Waals surface area contributed by atoms with Crippen LogP contribution in [0.4, 0.5) is 5.69 Å². The fourth-order valence-electron chi connectivity index (χ4n) is 2.10. The highest BCUT2D eigenvalue weighted by Crippen LogP contribution is 2.18. The monoisotopic (exact) mass is 234 g/mol. The van der Waals surface area contributed by atoms with E-state index in [1.54, 1.807) is 0 Å². The number of benzene rings is 1. The van der Waals surface area contributed by atoms with E-state index in [0.717, 1.165) is 37.2 Å². The molecule has 1 heterocycles. The van der Waals surface area contributed by atoms with Gasteiger partial charge in [0.25, 0.3) is 0 Å². The van der Waals surface area contributed by atoms with Crippen molar-refractivity contribution in [2.24, 2.45) is 5.92 Å². The van der Waals surface area contributed by atoms with Crippen molar-refractivity contribution in [3.8, 4) is 0 Å². The molecule has 1 aromatic rings. The molecule has 0 saturated carbocycles. The second-order valence-corrected chi connectivity index (χ2v) is 4.33. The Balaban J connectivity index is 2.01. The number of carbonyl (C=O) groups is 1. The Kier molecular flexibility index (Phi) is 4.12. The molecule has 2 rings (SSSR count). The zero-order valence-electron chi connectivity index (χ0n) is 9.78. The Morgan fingerprint density at radius 3 is 2.76 bits per heavy atom. The number of hydrogen-bond acceptors (Lipinski definition) is 3. The third-order valence-electron chi connectivity index (χ3n) is 3.16. The van der Waals surface area contributed by atoms with E-state index in [1.807, 2.05) is 24.3 Å². The lowest BCUT2D eigenvalue weighted by Gasteiger charge is -2.22. The van der Waals surface area contributed by atoms with Gasteiger partial charge in [-0.05, 0) is 32.0 Å². The summed E-state index contributed by atoms with van der Waals surface area (Å²) in [4.78, 5) is 12.0. The van der Waals surface area contributed by atoms with Gasteiger partial charge in [0, 0.05) is 17.2 Å². The lowest BCUT2D eigenvalue weighted by atomic mass is 9.97. The molecular weight excluding hydrogens is 216 g/mol. The van der Waals surface area contributed by atoms with E-state index < -0.39 is 0 Å². The van der Waals surface area contributed by atoms with Crippen LogP contribution in [0.3, 0.4) is 0 Å². The third-order valence-corrected chi connectivity index (χ3v) is 3.16. The molecular formula is C13H18N2O2. The van der Waals surface area contributed by atoms with Crippen LogP contribution in [0.5, 0.6) is 0 Å². The molecule has 0 aliphatic carbocycles. The van der Waals surface area contributed by atoms with Gasteiger partial charge in [-0.25, -0.2) is 0 Å². The molecule has 1 aliphatic rings. The van der Waals surface area contributed by atoms with E-state index >= 15 is 0 Å². The third kappa shape index (κ3) is 3.05. The first-order chi connectivity index (χ1) is 8.31. The topological polar surface area (TPSA) is 61.4 Å². The minimum absolute atomic E-state index is 0.0529. The number of carbonyl (C=O) groups excluding carboxylic acids is 1. The molecule has 0 bridgehead atoms. The summed E-state index contributed by atoms with van der Waals surface area (Å²) < 4.78 is 0. The first-order valence-corrected chi connectivity index (χ1v) is 6.01. The maximum Gasteiger partial charge on any atom is 0.227 e. The van der Waals surface area contributed by atoms with Crippen LogP contribution >= 0.6 is 0 Å². The molecule has 92 valence electrons. The fraction of sp³-hybridized carbons (Fsp3) is 0.462. The molecule has 4 heteroatoms. The number of hydrogen-bond donors (Lipinski definition) is 3. The molecule has 0 unspecified atom stereocenters. The van der Waals surface area contributed by atoms with Gasteiger partial charge in [0.2, 0.25) is 5.91 Å². The van der Waals surface area contributed by atoms with E-state index in [1.165, 1.54) is 0 Å². The highest BCUT2D eigenvalue weighted by atomic mass is 16.3. The summed E-state index contributed by atoms with van der Waals surface area (Å²) in [5.41, 5.74) is 1.48. The summed E-state index contributed by atoms with van der Waals surface area (Å²) in [6.07, 6.45) is 1.76. The number of piperidine rings is 1. The first-order valence-electron chi connectivity index (χ1n) is 6.01. The van der Waals surface area contributed by atoms with Gasteiger partial charge in [-0.3, -0.25) is 4.79 Å². The Bertz CT molecular complexity index is 387. The van der Waals surface area contributed by atoms with Gasteiger partial charge in [-0.15, -0.1) is 0 Å². The molecule has 0 aromatic heterocycles. The molecule has 1 saturated heterocycles. The molecule has 1 aromatic carbocycles. The molecule has 17 heavy (non-hydrogen) atoms. The summed E-state index contributed by atoms with van der Waals surface area (Å²) in [6.45, 7) is 1.75. The molecule has 0 spiro atoms. The summed E-state index contributed by atoms with van der Waals surface area (Å²) >= 11 is 0. The van der Waals surface area contributed by atoms with Gasteiger partial charge in [0.1, 0.15) is 0 Å². The Morgan fingerprint density at radius 2 is 2.06 bits per heavy atom. The van der Waals surface area contributed by atoms with Crippen molar-refractivity contribution in [2.75, 3.05) is 18.4 Å². The molecule has 4 nitrogen and oxygen atoms in total. The SMILES string of the molecule is O=C(Nc1ccccc1CO)C1CCNCC1. The highest BCUT2D eigenvalue weighted by molar-refractivity contribution is 5.93. The zero-order chi connectivity index (χ0) is 12.1. The van der Waals surface area contributed by atoms with Crippen LogP contribution in [0.15, 0.2) is 24.3 Å². The number of amides is 1. The standard InChI is InChI=1S/C13H18N2O2/c16-9-11-3-1-2-4-12(11)15-13(17)10-5-7-14-8-6-10/h1-4,10,14,16H,5-9H2,(H,15,17). The Labute approximate surface area is 101 Å². The summed E-state index contributed by atoms with van der Waals surface area (Å²) in [6, 6.07) is 7.35. The van der Waals surface area contributed by atoms with Crippen LogP contribution in [0, 0.1) is 5.92 Å². The van der Waals surface area contributed by atoms with E-state index in [-0.39, 0.29) is 18.4 Å². The predicted octanol–water partition coefficient (Wildman–Crippen LogP) is 1.12. The number of para-hydroxylation sites is 1. The van der Waals surface area contributed by atoms with Crippen molar-refractivity contribution in [1.82, 2.24) is 5.32 Å². The number of aliphatic hydroxyl groups excluding tert-OH is 1. The molecule has 1 fully saturated rings. The quantitative estimate of drug-likeness (QED) is 0.734. The van der Waals surface area contributed by atoms with E-state index in [2.05, 4.69) is 10.6 Å². The first kappa shape index (κ1) is 12.1. The van der Waals surface area contributed by atoms with Gasteiger partial charge < -0.3 is 15.7 Å². The second-order valence-electron chi connectivity index (χ2n) is 4.33. The van der Waals surface area contributed by atoms with Crippen molar-refractivity contribution in [3.63, 3.8) is 0 Å². The van der Waals surface area contributed by atoms with Gasteiger partial charge in [-0.2, -0.15) is 0 Å². The average Bonchev–Trinajstić information content (AvgIpc) is 2.40. The van der Waals surface area contributed by atoms with E-state index in [0.29, 0.717) is 0 Å². The second kappa shape index (κ2) is 5.80. The molecule has 1 aliphatic heterocycles. The molecule has 1 amide bonds. The van der Waals surface area contributed by atoms with Crippen LogP contribution in [0.2, 0.25) is 0 Å². The molecule has 0 radical (unpaired) electrons. The highest BCUT2D eigenvalue weighted by Gasteiger charge is 2.21. The fourth-order valence-corrected chi connectivity index (χ4v) is 2.10. The van der Waals surface area contributed by atoms with Gasteiger partial charge in [-0.1, -0.05) is 18.2 Å². The summed E-state index contributed by atoms with van der Waals surface area (Å²) in [7, 11) is 0. The van der Waals surface area contributed by atoms with Crippen molar-refractivity contribution in [1.29, 1.82) is 0 Å². The minimum Gasteiger partial charge on any atom is -0.392 e. The number of anilines is 1. The van der Waals surface area contributed by atoms with Crippen LogP contribution in [-0.2, 0) is 11.4 Å². The van der Waals surface area contributed by atoms with Gasteiger partial charge in [0.05, 0.1) is 6.61 Å². The van der Waals surface area contributed by atoms with Crippen molar-refractivity contribution in [3.05, 3.63) is 29.8 Å². The normalized spacial score (nSPS) is 16.8. The lowest BCUT2D eigenvalue weighted by molar-refractivity contribution is -0.120. The van der Waals surface area contributed by atoms with Crippen LogP contribution in [-0.4, -0.2) is 24.1 Å². The van der Waals surface area contributed by atoms with Crippen LogP contribution in [0.25, 0.3) is 0 Å². The van der Waals surface area contributed by atoms with Crippen molar-refractivity contribution in [2.45, 2.75) is 19.4 Å². The Hall–Kier alpha value is -1.39. The molecule has 0 atom stereocenters. The van der Waals surface area contributed by atoms with E-state index in [4.69, 9.17) is 0 Å². The number of nitrogens with one attached hydrogen (secondary N) is 2. The average molecular weight is 234 g/mol.